The first-order chi connectivity index (χ1) is 7.36. The van der Waals surface area contributed by atoms with E-state index in [2.05, 4.69) is 19.2 Å². The van der Waals surface area contributed by atoms with Crippen LogP contribution in [0.25, 0.3) is 0 Å². The summed E-state index contributed by atoms with van der Waals surface area (Å²) in [6, 6.07) is -0.0560. The van der Waals surface area contributed by atoms with E-state index in [1.165, 1.54) is 0 Å². The monoisotopic (exact) mass is 248 g/mol. The summed E-state index contributed by atoms with van der Waals surface area (Å²) in [6.07, 6.45) is 2.43. The predicted octanol–water partition coefficient (Wildman–Crippen LogP) is 0.491. The summed E-state index contributed by atoms with van der Waals surface area (Å²) in [4.78, 5) is 11.8. The van der Waals surface area contributed by atoms with E-state index in [1.807, 2.05) is 6.92 Å². The summed E-state index contributed by atoms with van der Waals surface area (Å²) < 4.78 is 11.0. The molecule has 3 N–H and O–H groups in total. The highest BCUT2D eigenvalue weighted by Gasteiger charge is 2.19. The number of amides is 1. The van der Waals surface area contributed by atoms with E-state index in [0.717, 1.165) is 6.42 Å². The molecule has 0 aromatic rings. The van der Waals surface area contributed by atoms with Gasteiger partial charge in [-0.15, -0.1) is 0 Å². The molecule has 5 heteroatoms. The van der Waals surface area contributed by atoms with Gasteiger partial charge in [0.15, 0.2) is 0 Å². The molecule has 0 aromatic heterocycles. The molecule has 0 spiro atoms. The molecule has 0 fully saturated rings. The number of carbonyl (C=O) groups excluding carboxylic acids is 1. The van der Waals surface area contributed by atoms with Crippen LogP contribution >= 0.6 is 0 Å². The zero-order valence-electron chi connectivity index (χ0n) is 10.7. The third kappa shape index (κ3) is 6.95. The number of carbonyl (C=O) groups is 1. The smallest absolute Gasteiger partial charge is 0.224 e. The molecule has 0 saturated carbocycles. The Hall–Kier alpha value is -0.420. The maximum absolute atomic E-state index is 11.8. The molecule has 1 amide bonds. The van der Waals surface area contributed by atoms with Crippen molar-refractivity contribution in [3.8, 4) is 0 Å². The minimum Gasteiger partial charge on any atom is -0.352 e. The average Bonchev–Trinajstić information content (AvgIpc) is 2.11. The predicted molar refractivity (Wildman–Crippen MR) is 68.5 cm³/mol. The normalized spacial score (nSPS) is 16.9. The van der Waals surface area contributed by atoms with Gasteiger partial charge in [-0.25, -0.2) is 0 Å². The van der Waals surface area contributed by atoms with Crippen LogP contribution in [0.2, 0.25) is 0 Å². The summed E-state index contributed by atoms with van der Waals surface area (Å²) in [5.74, 6) is 0.793. The maximum atomic E-state index is 11.8. The van der Waals surface area contributed by atoms with E-state index in [0.29, 0.717) is 18.2 Å². The largest absolute Gasteiger partial charge is 0.352 e. The van der Waals surface area contributed by atoms with Crippen molar-refractivity contribution in [3.63, 3.8) is 0 Å². The van der Waals surface area contributed by atoms with Crippen LogP contribution in [0.15, 0.2) is 0 Å². The van der Waals surface area contributed by atoms with Crippen molar-refractivity contribution in [2.75, 3.05) is 18.6 Å². The molecule has 0 aliphatic rings. The van der Waals surface area contributed by atoms with E-state index < -0.39 is 10.8 Å². The van der Waals surface area contributed by atoms with Gasteiger partial charge in [-0.05, 0) is 19.3 Å². The van der Waals surface area contributed by atoms with Crippen molar-refractivity contribution >= 4 is 16.7 Å². The number of nitrogens with one attached hydrogen (secondary N) is 1. The summed E-state index contributed by atoms with van der Waals surface area (Å²) >= 11 is 0. The molecular weight excluding hydrogens is 224 g/mol. The average molecular weight is 248 g/mol. The topological polar surface area (TPSA) is 72.2 Å². The van der Waals surface area contributed by atoms with E-state index >= 15 is 0 Å². The van der Waals surface area contributed by atoms with Crippen LogP contribution in [0, 0.1) is 11.8 Å². The second-order valence-electron chi connectivity index (χ2n) is 4.71. The summed E-state index contributed by atoms with van der Waals surface area (Å²) in [7, 11) is -0.884. The molecule has 0 aliphatic heterocycles. The van der Waals surface area contributed by atoms with Gasteiger partial charge in [-0.2, -0.15) is 0 Å². The summed E-state index contributed by atoms with van der Waals surface area (Å²) in [5, 5.41) is 2.86. The summed E-state index contributed by atoms with van der Waals surface area (Å²) in [5.41, 5.74) is 5.58. The third-order valence-electron chi connectivity index (χ3n) is 2.28. The van der Waals surface area contributed by atoms with Gasteiger partial charge in [0.25, 0.3) is 0 Å². The fourth-order valence-electron chi connectivity index (χ4n) is 1.63. The quantitative estimate of drug-likeness (QED) is 0.689. The Kier molecular flexibility index (Phi) is 7.58. The van der Waals surface area contributed by atoms with E-state index in [1.54, 1.807) is 6.26 Å². The first-order valence-corrected chi connectivity index (χ1v) is 7.40. The molecular formula is C11H24N2O2S. The Morgan fingerprint density at radius 2 is 1.94 bits per heavy atom. The van der Waals surface area contributed by atoms with E-state index in [4.69, 9.17) is 5.73 Å². The highest BCUT2D eigenvalue weighted by molar-refractivity contribution is 7.84. The molecule has 0 saturated heterocycles. The van der Waals surface area contributed by atoms with Gasteiger partial charge < -0.3 is 11.1 Å². The van der Waals surface area contributed by atoms with Gasteiger partial charge in [0.05, 0.1) is 5.92 Å². The number of rotatable bonds is 7. The molecule has 0 bridgehead atoms. The van der Waals surface area contributed by atoms with Crippen molar-refractivity contribution in [1.29, 1.82) is 0 Å². The third-order valence-corrected chi connectivity index (χ3v) is 3.25. The fraction of sp³-hybridized carbons (Fsp3) is 0.909. The minimum absolute atomic E-state index is 0.0193. The second-order valence-corrected chi connectivity index (χ2v) is 6.19. The van der Waals surface area contributed by atoms with Crippen LogP contribution in [0.5, 0.6) is 0 Å². The van der Waals surface area contributed by atoms with Gasteiger partial charge in [0.2, 0.25) is 5.91 Å². The van der Waals surface area contributed by atoms with Crippen LogP contribution in [0.4, 0.5) is 0 Å². The standard InChI is InChI=1S/C11H24N2O2S/c1-8(2)5-10(6-12)11(14)13-9(3)7-16(4)15/h8-10H,5-7,12H2,1-4H3,(H,13,14). The lowest BCUT2D eigenvalue weighted by Crippen LogP contribution is -2.42. The Morgan fingerprint density at radius 1 is 1.38 bits per heavy atom. The highest BCUT2D eigenvalue weighted by Crippen LogP contribution is 2.10. The van der Waals surface area contributed by atoms with E-state index in [-0.39, 0.29) is 17.9 Å². The van der Waals surface area contributed by atoms with Gasteiger partial charge in [0, 0.05) is 35.4 Å². The molecule has 96 valence electrons. The van der Waals surface area contributed by atoms with Crippen LogP contribution < -0.4 is 11.1 Å². The zero-order chi connectivity index (χ0) is 12.7. The number of hydrogen-bond donors (Lipinski definition) is 2. The highest BCUT2D eigenvalue weighted by atomic mass is 32.2. The lowest BCUT2D eigenvalue weighted by molar-refractivity contribution is -0.125. The van der Waals surface area contributed by atoms with Crippen molar-refractivity contribution in [2.24, 2.45) is 17.6 Å². The maximum Gasteiger partial charge on any atom is 0.224 e. The Balaban J connectivity index is 4.15. The molecule has 16 heavy (non-hydrogen) atoms. The SMILES string of the molecule is CC(C)CC(CN)C(=O)NC(C)CS(C)=O. The molecule has 0 heterocycles. The van der Waals surface area contributed by atoms with Gasteiger partial charge in [-0.1, -0.05) is 13.8 Å². The van der Waals surface area contributed by atoms with E-state index in [9.17, 15) is 9.00 Å². The van der Waals surface area contributed by atoms with Gasteiger partial charge in [0.1, 0.15) is 0 Å². The molecule has 0 radical (unpaired) electrons. The van der Waals surface area contributed by atoms with Crippen LogP contribution in [-0.2, 0) is 15.6 Å². The van der Waals surface area contributed by atoms with Crippen molar-refractivity contribution in [2.45, 2.75) is 33.2 Å². The fourth-order valence-corrected chi connectivity index (χ4v) is 2.42. The molecule has 0 aromatic carbocycles. The Bertz CT molecular complexity index is 244. The van der Waals surface area contributed by atoms with Crippen LogP contribution in [0.3, 0.4) is 0 Å². The van der Waals surface area contributed by atoms with Crippen LogP contribution in [0.1, 0.15) is 27.2 Å². The second kappa shape index (κ2) is 7.79. The van der Waals surface area contributed by atoms with Crippen molar-refractivity contribution in [3.05, 3.63) is 0 Å². The Labute approximate surface area is 101 Å². The van der Waals surface area contributed by atoms with Crippen LogP contribution in [-0.4, -0.2) is 34.7 Å². The zero-order valence-corrected chi connectivity index (χ0v) is 11.5. The number of nitrogens with two attached hydrogens (primary N) is 1. The van der Waals surface area contributed by atoms with Crippen molar-refractivity contribution < 1.29 is 9.00 Å². The molecule has 0 rings (SSSR count). The molecule has 3 unspecified atom stereocenters. The van der Waals surface area contributed by atoms with Gasteiger partial charge >= 0.3 is 0 Å². The lowest BCUT2D eigenvalue weighted by atomic mass is 9.96. The first kappa shape index (κ1) is 15.6. The lowest BCUT2D eigenvalue weighted by Gasteiger charge is -2.19. The molecule has 4 nitrogen and oxygen atoms in total. The summed E-state index contributed by atoms with van der Waals surface area (Å²) in [6.45, 7) is 6.37. The Morgan fingerprint density at radius 3 is 2.31 bits per heavy atom. The number of hydrogen-bond acceptors (Lipinski definition) is 3. The minimum atomic E-state index is -0.884. The first-order valence-electron chi connectivity index (χ1n) is 5.67. The molecule has 0 aliphatic carbocycles. The van der Waals surface area contributed by atoms with Crippen molar-refractivity contribution in [1.82, 2.24) is 5.32 Å². The van der Waals surface area contributed by atoms with Gasteiger partial charge in [-0.3, -0.25) is 9.00 Å². The molecule has 3 atom stereocenters.